The predicted octanol–water partition coefficient (Wildman–Crippen LogP) is 2.19. The molecule has 0 bridgehead atoms. The Balaban J connectivity index is 1.54. The molecule has 1 N–H and O–H groups in total. The van der Waals surface area contributed by atoms with Gasteiger partial charge in [-0.15, -0.1) is 0 Å². The number of hydrogen-bond acceptors (Lipinski definition) is 5. The number of carbonyl (C=O) groups is 2. The molecule has 25 heavy (non-hydrogen) atoms. The van der Waals surface area contributed by atoms with Gasteiger partial charge in [0, 0.05) is 37.8 Å². The van der Waals surface area contributed by atoms with E-state index >= 15 is 0 Å². The van der Waals surface area contributed by atoms with Crippen LogP contribution in [0.2, 0.25) is 0 Å². The van der Waals surface area contributed by atoms with Crippen LogP contribution < -0.4 is 14.8 Å². The molecular formula is C18H19N3O4. The molecule has 0 fully saturated rings. The summed E-state index contributed by atoms with van der Waals surface area (Å²) in [5.41, 5.74) is 1.42. The van der Waals surface area contributed by atoms with Crippen LogP contribution in [0.1, 0.15) is 19.0 Å². The van der Waals surface area contributed by atoms with Crippen molar-refractivity contribution in [3.05, 3.63) is 48.3 Å². The Bertz CT molecular complexity index is 764. The number of benzene rings is 1. The number of rotatable bonds is 6. The van der Waals surface area contributed by atoms with Crippen molar-refractivity contribution in [3.8, 4) is 11.5 Å². The number of carbonyl (C=O) groups excluding carboxylic acids is 2. The fourth-order valence-corrected chi connectivity index (χ4v) is 2.47. The summed E-state index contributed by atoms with van der Waals surface area (Å²) >= 11 is 0. The maximum absolute atomic E-state index is 12.2. The molecule has 1 aromatic heterocycles. The van der Waals surface area contributed by atoms with Crippen molar-refractivity contribution in [1.82, 2.24) is 9.88 Å². The zero-order valence-electron chi connectivity index (χ0n) is 13.9. The first kappa shape index (κ1) is 16.8. The standard InChI is InChI=1S/C18H19N3O4/c1-13(22)21(11-15-4-2-3-8-19-15)9-7-18(23)20-14-5-6-16-17(10-14)25-12-24-16/h2-6,8,10H,7,9,11-12H2,1H3,(H,20,23). The summed E-state index contributed by atoms with van der Waals surface area (Å²) in [5, 5.41) is 2.80. The third-order valence-electron chi connectivity index (χ3n) is 3.79. The minimum Gasteiger partial charge on any atom is -0.454 e. The highest BCUT2D eigenvalue weighted by molar-refractivity contribution is 5.91. The number of nitrogens with zero attached hydrogens (tertiary/aromatic N) is 2. The van der Waals surface area contributed by atoms with E-state index in [1.807, 2.05) is 18.2 Å². The Morgan fingerprint density at radius 1 is 1.20 bits per heavy atom. The Morgan fingerprint density at radius 2 is 2.04 bits per heavy atom. The molecular weight excluding hydrogens is 322 g/mol. The first-order valence-electron chi connectivity index (χ1n) is 7.97. The molecule has 2 heterocycles. The fourth-order valence-electron chi connectivity index (χ4n) is 2.47. The monoisotopic (exact) mass is 341 g/mol. The highest BCUT2D eigenvalue weighted by atomic mass is 16.7. The lowest BCUT2D eigenvalue weighted by molar-refractivity contribution is -0.130. The van der Waals surface area contributed by atoms with Crippen LogP contribution in [0, 0.1) is 0 Å². The normalized spacial score (nSPS) is 11.9. The molecule has 1 aromatic carbocycles. The van der Waals surface area contributed by atoms with Gasteiger partial charge in [0.05, 0.1) is 12.2 Å². The van der Waals surface area contributed by atoms with Crippen LogP contribution in [0.25, 0.3) is 0 Å². The fraction of sp³-hybridized carbons (Fsp3) is 0.278. The first-order chi connectivity index (χ1) is 12.1. The van der Waals surface area contributed by atoms with Crippen molar-refractivity contribution in [2.45, 2.75) is 19.9 Å². The van der Waals surface area contributed by atoms with Crippen molar-refractivity contribution < 1.29 is 19.1 Å². The molecule has 1 aliphatic rings. The van der Waals surface area contributed by atoms with Gasteiger partial charge in [-0.25, -0.2) is 0 Å². The summed E-state index contributed by atoms with van der Waals surface area (Å²) in [5.74, 6) is 1.00. The molecule has 0 saturated carbocycles. The van der Waals surface area contributed by atoms with Crippen LogP contribution in [0.5, 0.6) is 11.5 Å². The number of fused-ring (bicyclic) bond motifs is 1. The molecule has 7 heteroatoms. The van der Waals surface area contributed by atoms with Gasteiger partial charge in [0.15, 0.2) is 11.5 Å². The Kier molecular flexibility index (Phi) is 5.13. The van der Waals surface area contributed by atoms with Gasteiger partial charge in [0.2, 0.25) is 18.6 Å². The van der Waals surface area contributed by atoms with Crippen molar-refractivity contribution in [1.29, 1.82) is 0 Å². The van der Waals surface area contributed by atoms with E-state index in [4.69, 9.17) is 9.47 Å². The largest absolute Gasteiger partial charge is 0.454 e. The quantitative estimate of drug-likeness (QED) is 0.871. The molecule has 3 rings (SSSR count). The van der Waals surface area contributed by atoms with Crippen molar-refractivity contribution in [3.63, 3.8) is 0 Å². The van der Waals surface area contributed by atoms with Gasteiger partial charge in [0.1, 0.15) is 0 Å². The number of hydrogen-bond donors (Lipinski definition) is 1. The Labute approximate surface area is 145 Å². The molecule has 0 saturated heterocycles. The second kappa shape index (κ2) is 7.65. The van der Waals surface area contributed by atoms with E-state index in [0.717, 1.165) is 5.69 Å². The minimum absolute atomic E-state index is 0.0958. The highest BCUT2D eigenvalue weighted by Crippen LogP contribution is 2.34. The van der Waals surface area contributed by atoms with Crippen LogP contribution in [0.15, 0.2) is 42.6 Å². The molecule has 2 amide bonds. The number of ether oxygens (including phenoxy) is 2. The van der Waals surface area contributed by atoms with E-state index in [1.165, 1.54) is 6.92 Å². The van der Waals surface area contributed by atoms with Crippen LogP contribution in [-0.4, -0.2) is 35.0 Å². The van der Waals surface area contributed by atoms with E-state index in [2.05, 4.69) is 10.3 Å². The summed E-state index contributed by atoms with van der Waals surface area (Å²) in [6.07, 6.45) is 1.88. The summed E-state index contributed by atoms with van der Waals surface area (Å²) < 4.78 is 10.5. The second-order valence-electron chi connectivity index (χ2n) is 5.63. The Morgan fingerprint density at radius 3 is 2.80 bits per heavy atom. The van der Waals surface area contributed by atoms with Gasteiger partial charge in [-0.05, 0) is 24.3 Å². The summed E-state index contributed by atoms with van der Waals surface area (Å²) in [6.45, 7) is 2.38. The zero-order chi connectivity index (χ0) is 17.6. The molecule has 1 aliphatic heterocycles. The maximum atomic E-state index is 12.2. The third-order valence-corrected chi connectivity index (χ3v) is 3.79. The van der Waals surface area contributed by atoms with Crippen molar-refractivity contribution in [2.75, 3.05) is 18.7 Å². The van der Waals surface area contributed by atoms with Gasteiger partial charge in [0.25, 0.3) is 0 Å². The SMILES string of the molecule is CC(=O)N(CCC(=O)Nc1ccc2c(c1)OCO2)Cc1ccccn1. The lowest BCUT2D eigenvalue weighted by Gasteiger charge is -2.20. The average Bonchev–Trinajstić information content (AvgIpc) is 3.07. The van der Waals surface area contributed by atoms with Gasteiger partial charge in [-0.3, -0.25) is 14.6 Å². The number of amides is 2. The van der Waals surface area contributed by atoms with E-state index in [-0.39, 0.29) is 25.0 Å². The van der Waals surface area contributed by atoms with Crippen LogP contribution in [0.4, 0.5) is 5.69 Å². The molecule has 0 unspecified atom stereocenters. The van der Waals surface area contributed by atoms with Crippen molar-refractivity contribution >= 4 is 17.5 Å². The summed E-state index contributed by atoms with van der Waals surface area (Å²) in [4.78, 5) is 29.7. The minimum atomic E-state index is -0.175. The van der Waals surface area contributed by atoms with Gasteiger partial charge in [-0.1, -0.05) is 6.07 Å². The summed E-state index contributed by atoms with van der Waals surface area (Å²) in [7, 11) is 0. The lowest BCUT2D eigenvalue weighted by atomic mass is 10.2. The van der Waals surface area contributed by atoms with Crippen LogP contribution in [-0.2, 0) is 16.1 Å². The molecule has 0 aliphatic carbocycles. The van der Waals surface area contributed by atoms with Gasteiger partial charge >= 0.3 is 0 Å². The van der Waals surface area contributed by atoms with Crippen LogP contribution in [0.3, 0.4) is 0 Å². The molecule has 0 spiro atoms. The van der Waals surface area contributed by atoms with Gasteiger partial charge < -0.3 is 19.7 Å². The second-order valence-corrected chi connectivity index (χ2v) is 5.63. The van der Waals surface area contributed by atoms with E-state index in [1.54, 1.807) is 29.3 Å². The number of aromatic nitrogens is 1. The lowest BCUT2D eigenvalue weighted by Crippen LogP contribution is -2.31. The molecule has 0 radical (unpaired) electrons. The smallest absolute Gasteiger partial charge is 0.231 e. The average molecular weight is 341 g/mol. The van der Waals surface area contributed by atoms with Crippen molar-refractivity contribution in [2.24, 2.45) is 0 Å². The maximum Gasteiger partial charge on any atom is 0.231 e. The Hall–Kier alpha value is -3.09. The zero-order valence-corrected chi connectivity index (χ0v) is 13.9. The van der Waals surface area contributed by atoms with Crippen LogP contribution >= 0.6 is 0 Å². The molecule has 0 atom stereocenters. The highest BCUT2D eigenvalue weighted by Gasteiger charge is 2.15. The molecule has 2 aromatic rings. The molecule has 130 valence electrons. The first-order valence-corrected chi connectivity index (χ1v) is 7.97. The van der Waals surface area contributed by atoms with E-state index in [9.17, 15) is 9.59 Å². The summed E-state index contributed by atoms with van der Waals surface area (Å²) in [6, 6.07) is 10.8. The van der Waals surface area contributed by atoms with E-state index in [0.29, 0.717) is 30.3 Å². The molecule has 7 nitrogen and oxygen atoms in total. The van der Waals surface area contributed by atoms with Gasteiger partial charge in [-0.2, -0.15) is 0 Å². The number of nitrogens with one attached hydrogen (secondary N) is 1. The number of pyridine rings is 1. The third kappa shape index (κ3) is 4.47. The predicted molar refractivity (Wildman–Crippen MR) is 91.1 cm³/mol. The van der Waals surface area contributed by atoms with E-state index < -0.39 is 0 Å². The topological polar surface area (TPSA) is 80.8 Å². The number of anilines is 1.